The molecule has 4 N–H and O–H groups in total. The second kappa shape index (κ2) is 17.3. The lowest BCUT2D eigenvalue weighted by Crippen LogP contribution is -2.51. The van der Waals surface area contributed by atoms with Crippen LogP contribution in [0.5, 0.6) is 0 Å². The topological polar surface area (TPSA) is 175 Å². The zero-order chi connectivity index (χ0) is 42.8. The molecule has 60 heavy (non-hydrogen) atoms. The minimum absolute atomic E-state index is 0.146. The Morgan fingerprint density at radius 2 is 1.03 bits per heavy atom. The third kappa shape index (κ3) is 8.54. The number of fused-ring (bicyclic) bond motifs is 1. The Kier molecular flexibility index (Phi) is 11.9. The van der Waals surface area contributed by atoms with Gasteiger partial charge in [-0.25, -0.2) is 19.6 Å². The molecule has 312 valence electrons. The Morgan fingerprint density at radius 1 is 0.633 bits per heavy atom. The number of nitrogens with one attached hydrogen (secondary N) is 4. The van der Waals surface area contributed by atoms with E-state index >= 15 is 0 Å². The molecule has 2 aliphatic rings. The number of hydrogen-bond donors (Lipinski definition) is 4. The van der Waals surface area contributed by atoms with Crippen molar-refractivity contribution in [2.45, 2.75) is 64.7 Å². The summed E-state index contributed by atoms with van der Waals surface area (Å²) in [5.41, 5.74) is 7.34. The van der Waals surface area contributed by atoms with Gasteiger partial charge >= 0.3 is 12.2 Å². The standard InChI is InChI=1S/C46H52N8O6/c1-25(2)39(51-45(57)59-7)43(55)53-23-27(5)17-37(53)41-47-21-35(49-41)30-11-9-29(10-12-30)31-13-14-33-20-34(16-15-32(33)19-31)36-22-48-42(50-36)38-18-28(6)24-54(38)44(56)40(26(3)4)52-46(58)60-8/h9-16,19-22,25-26,37-40H,5-6,17-18,23-24H2,1-4,7-8H3,(H,47,49)(H,48,50)(H,51,57)(H,52,58)/t37-,38-,39?,40-/m0/s1. The van der Waals surface area contributed by atoms with E-state index in [1.807, 2.05) is 58.3 Å². The van der Waals surface area contributed by atoms with E-state index < -0.39 is 24.3 Å². The summed E-state index contributed by atoms with van der Waals surface area (Å²) in [4.78, 5) is 71.3. The highest BCUT2D eigenvalue weighted by atomic mass is 16.5. The van der Waals surface area contributed by atoms with Gasteiger partial charge in [0, 0.05) is 36.6 Å². The van der Waals surface area contributed by atoms with Crippen molar-refractivity contribution in [1.29, 1.82) is 0 Å². The van der Waals surface area contributed by atoms with Gasteiger partial charge in [-0.15, -0.1) is 0 Å². The third-order valence-electron chi connectivity index (χ3n) is 11.3. The molecule has 0 bridgehead atoms. The van der Waals surface area contributed by atoms with Gasteiger partial charge in [-0.3, -0.25) is 9.59 Å². The van der Waals surface area contributed by atoms with Gasteiger partial charge in [0.25, 0.3) is 0 Å². The van der Waals surface area contributed by atoms with Gasteiger partial charge in [0.1, 0.15) is 23.7 Å². The number of rotatable bonds is 11. The number of benzene rings is 3. The first-order valence-electron chi connectivity index (χ1n) is 20.1. The molecule has 2 aromatic heterocycles. The van der Waals surface area contributed by atoms with E-state index in [0.29, 0.717) is 37.6 Å². The van der Waals surface area contributed by atoms with Crippen molar-refractivity contribution in [3.63, 3.8) is 0 Å². The van der Waals surface area contributed by atoms with Gasteiger partial charge in [0.05, 0.1) is 37.7 Å². The molecule has 14 heteroatoms. The lowest BCUT2D eigenvalue weighted by Gasteiger charge is -2.29. The number of hydrogen-bond acceptors (Lipinski definition) is 8. The molecule has 14 nitrogen and oxygen atoms in total. The number of likely N-dealkylation sites (tertiary alicyclic amines) is 2. The summed E-state index contributed by atoms with van der Waals surface area (Å²) >= 11 is 0. The van der Waals surface area contributed by atoms with Crippen LogP contribution in [-0.4, -0.2) is 93.1 Å². The maximum absolute atomic E-state index is 13.7. The molecule has 0 spiro atoms. The number of aromatic amines is 2. The van der Waals surface area contributed by atoms with E-state index in [9.17, 15) is 19.2 Å². The van der Waals surface area contributed by atoms with E-state index in [4.69, 9.17) is 19.4 Å². The van der Waals surface area contributed by atoms with Crippen molar-refractivity contribution < 1.29 is 28.7 Å². The van der Waals surface area contributed by atoms with Crippen molar-refractivity contribution in [2.24, 2.45) is 11.8 Å². The number of H-pyrrole nitrogens is 2. The SMILES string of the molecule is C=C1C[C@@H](c2nc(-c3ccc(-c4ccc5cc(-c6c[nH]c([C@@H]7CC(=C)CN7C(=O)[C@@H](NC(=O)OC)C(C)C)n6)ccc5c4)cc3)c[nH]2)N(C(=O)C(NC(=O)OC)C(C)C)C1. The number of aromatic nitrogens is 4. The Labute approximate surface area is 349 Å². The average molecular weight is 813 g/mol. The first-order chi connectivity index (χ1) is 28.7. The predicted molar refractivity (Wildman–Crippen MR) is 229 cm³/mol. The van der Waals surface area contributed by atoms with Crippen LogP contribution in [0.15, 0.2) is 97.4 Å². The molecule has 1 unspecified atom stereocenters. The van der Waals surface area contributed by atoms with E-state index in [2.05, 4.69) is 76.2 Å². The molecule has 2 fully saturated rings. The quantitative estimate of drug-likeness (QED) is 0.0982. The number of methoxy groups -OCH3 is 2. The fourth-order valence-corrected chi connectivity index (χ4v) is 8.03. The van der Waals surface area contributed by atoms with Crippen LogP contribution in [0.3, 0.4) is 0 Å². The predicted octanol–water partition coefficient (Wildman–Crippen LogP) is 7.71. The van der Waals surface area contributed by atoms with Crippen molar-refractivity contribution in [2.75, 3.05) is 27.3 Å². The van der Waals surface area contributed by atoms with Crippen LogP contribution in [0.1, 0.15) is 64.3 Å². The van der Waals surface area contributed by atoms with Gasteiger partial charge < -0.3 is 39.9 Å². The Balaban J connectivity index is 1.04. The zero-order valence-electron chi connectivity index (χ0n) is 34.9. The Morgan fingerprint density at radius 3 is 1.48 bits per heavy atom. The number of nitrogens with zero attached hydrogens (tertiary/aromatic N) is 4. The van der Waals surface area contributed by atoms with E-state index in [1.54, 1.807) is 9.80 Å². The van der Waals surface area contributed by atoms with E-state index in [-0.39, 0.29) is 35.7 Å². The lowest BCUT2D eigenvalue weighted by molar-refractivity contribution is -0.136. The largest absolute Gasteiger partial charge is 0.453 e. The summed E-state index contributed by atoms with van der Waals surface area (Å²) in [6.07, 6.45) is 3.55. The normalized spacial score (nSPS) is 17.7. The first-order valence-corrected chi connectivity index (χ1v) is 20.1. The highest BCUT2D eigenvalue weighted by molar-refractivity contribution is 5.91. The molecule has 4 heterocycles. The fraction of sp³-hybridized carbons (Fsp3) is 0.348. The molecule has 3 aromatic carbocycles. The Bertz CT molecular complexity index is 2450. The summed E-state index contributed by atoms with van der Waals surface area (Å²) in [6.45, 7) is 16.6. The lowest BCUT2D eigenvalue weighted by atomic mass is 9.98. The maximum Gasteiger partial charge on any atom is 0.407 e. The molecule has 2 aliphatic heterocycles. The molecule has 2 saturated heterocycles. The Hall–Kier alpha value is -6.70. The van der Waals surface area contributed by atoms with Gasteiger partial charge in [-0.1, -0.05) is 101 Å². The molecule has 7 rings (SSSR count). The summed E-state index contributed by atoms with van der Waals surface area (Å²) in [7, 11) is 2.56. The second-order valence-corrected chi connectivity index (χ2v) is 16.3. The van der Waals surface area contributed by atoms with E-state index in [1.165, 1.54) is 14.2 Å². The summed E-state index contributed by atoms with van der Waals surface area (Å²) in [6, 6.07) is 18.7. The number of imidazole rings is 2. The molecule has 0 radical (unpaired) electrons. The minimum atomic E-state index is -0.744. The van der Waals surface area contributed by atoms with Crippen LogP contribution in [0.2, 0.25) is 0 Å². The van der Waals surface area contributed by atoms with Crippen molar-refractivity contribution in [3.05, 3.63) is 109 Å². The molecule has 5 aromatic rings. The number of carbonyl (C=O) groups excluding carboxylic acids is 4. The van der Waals surface area contributed by atoms with Gasteiger partial charge in [-0.05, 0) is 58.7 Å². The minimum Gasteiger partial charge on any atom is -0.453 e. The molecule has 4 amide bonds. The molecule has 4 atom stereocenters. The zero-order valence-corrected chi connectivity index (χ0v) is 34.9. The third-order valence-corrected chi connectivity index (χ3v) is 11.3. The summed E-state index contributed by atoms with van der Waals surface area (Å²) in [5.74, 6) is 0.619. The summed E-state index contributed by atoms with van der Waals surface area (Å²) < 4.78 is 9.54. The van der Waals surface area contributed by atoms with Crippen molar-refractivity contribution in [3.8, 4) is 33.6 Å². The highest BCUT2D eigenvalue weighted by Gasteiger charge is 2.40. The van der Waals surface area contributed by atoms with Crippen LogP contribution in [-0.2, 0) is 19.1 Å². The second-order valence-electron chi connectivity index (χ2n) is 16.3. The van der Waals surface area contributed by atoms with Crippen molar-refractivity contribution >= 4 is 34.8 Å². The smallest absolute Gasteiger partial charge is 0.407 e. The summed E-state index contributed by atoms with van der Waals surface area (Å²) in [5, 5.41) is 7.51. The number of ether oxygens (including phenoxy) is 2. The average Bonchev–Trinajstić information content (AvgIpc) is 4.07. The van der Waals surface area contributed by atoms with E-state index in [0.717, 1.165) is 55.6 Å². The molecule has 0 saturated carbocycles. The van der Waals surface area contributed by atoms with Crippen LogP contribution < -0.4 is 10.6 Å². The van der Waals surface area contributed by atoms with Gasteiger partial charge in [0.2, 0.25) is 11.8 Å². The first kappa shape index (κ1) is 41.5. The number of alkyl carbamates (subject to hydrolysis) is 2. The van der Waals surface area contributed by atoms with Crippen LogP contribution in [0, 0.1) is 11.8 Å². The van der Waals surface area contributed by atoms with Crippen molar-refractivity contribution in [1.82, 2.24) is 40.4 Å². The molecular weight excluding hydrogens is 761 g/mol. The maximum atomic E-state index is 13.7. The van der Waals surface area contributed by atoms with Gasteiger partial charge in [-0.2, -0.15) is 0 Å². The van der Waals surface area contributed by atoms with Gasteiger partial charge in [0.15, 0.2) is 0 Å². The number of carbonyl (C=O) groups is 4. The van der Waals surface area contributed by atoms with Crippen LogP contribution in [0.25, 0.3) is 44.4 Å². The monoisotopic (exact) mass is 812 g/mol. The molecular formula is C46H52N8O6. The van der Waals surface area contributed by atoms with Crippen LogP contribution >= 0.6 is 0 Å². The number of amides is 4. The highest BCUT2D eigenvalue weighted by Crippen LogP contribution is 2.37. The van der Waals surface area contributed by atoms with Crippen LogP contribution in [0.4, 0.5) is 9.59 Å². The fourth-order valence-electron chi connectivity index (χ4n) is 8.03. The molecule has 0 aliphatic carbocycles.